The molecule has 7 heteroatoms. The Balaban J connectivity index is 0.00000280. The fourth-order valence-electron chi connectivity index (χ4n) is 4.91. The van der Waals surface area contributed by atoms with Crippen LogP contribution in [0, 0.1) is 17.8 Å². The maximum Gasteiger partial charge on any atom is 0.308 e. The number of nitrogens with zero attached hydrogens (tertiary/aromatic N) is 1. The molecule has 3 aliphatic rings. The molecule has 28 heavy (non-hydrogen) atoms. The highest BCUT2D eigenvalue weighted by Gasteiger charge is 2.31. The minimum atomic E-state index is -0.120. The summed E-state index contributed by atoms with van der Waals surface area (Å²) < 4.78 is 4.83. The van der Waals surface area contributed by atoms with Crippen LogP contribution in [-0.4, -0.2) is 62.7 Å². The molecule has 0 spiro atoms. The van der Waals surface area contributed by atoms with E-state index in [1.165, 1.54) is 46.0 Å². The number of rotatable bonds is 6. The minimum Gasteiger partial charge on any atom is -0.469 e. The van der Waals surface area contributed by atoms with Crippen molar-refractivity contribution in [3.05, 3.63) is 0 Å². The predicted molar refractivity (Wildman–Crippen MR) is 113 cm³/mol. The van der Waals surface area contributed by atoms with Crippen LogP contribution in [0.25, 0.3) is 0 Å². The highest BCUT2D eigenvalue weighted by molar-refractivity contribution is 5.85. The number of ether oxygens (including phenoxy) is 1. The van der Waals surface area contributed by atoms with Gasteiger partial charge in [-0.25, -0.2) is 0 Å². The first-order valence-corrected chi connectivity index (χ1v) is 11.0. The summed E-state index contributed by atoms with van der Waals surface area (Å²) in [6.07, 6.45) is 9.27. The van der Waals surface area contributed by atoms with Crippen LogP contribution in [0.2, 0.25) is 0 Å². The maximum atomic E-state index is 12.6. The molecular weight excluding hydrogens is 378 g/mol. The second-order valence-electron chi connectivity index (χ2n) is 8.68. The van der Waals surface area contributed by atoms with Gasteiger partial charge in [-0.15, -0.1) is 12.4 Å². The Kier molecular flexibility index (Phi) is 10.0. The summed E-state index contributed by atoms with van der Waals surface area (Å²) >= 11 is 0. The molecule has 0 aromatic heterocycles. The largest absolute Gasteiger partial charge is 0.469 e. The lowest BCUT2D eigenvalue weighted by Crippen LogP contribution is -2.47. The van der Waals surface area contributed by atoms with Crippen molar-refractivity contribution in [2.24, 2.45) is 17.8 Å². The van der Waals surface area contributed by atoms with Crippen molar-refractivity contribution in [2.45, 2.75) is 63.8 Å². The van der Waals surface area contributed by atoms with E-state index in [0.29, 0.717) is 6.04 Å². The summed E-state index contributed by atoms with van der Waals surface area (Å²) in [4.78, 5) is 26.8. The minimum absolute atomic E-state index is 0. The van der Waals surface area contributed by atoms with E-state index in [4.69, 9.17) is 4.74 Å². The Labute approximate surface area is 175 Å². The standard InChI is InChI=1S/C21H37N3O3.ClH/c1-27-21(26)18-4-2-17(3-5-18)20(25)23-19-9-14-24(15-10-19)13-8-16-6-11-22-12-7-16;/h16-19,22H,2-15H2,1H3,(H,23,25);1H. The number of esters is 1. The zero-order valence-electron chi connectivity index (χ0n) is 17.3. The molecule has 162 valence electrons. The first kappa shape index (κ1) is 23.4. The van der Waals surface area contributed by atoms with E-state index in [2.05, 4.69) is 15.5 Å². The summed E-state index contributed by atoms with van der Waals surface area (Å²) in [6, 6.07) is 0.325. The average Bonchev–Trinajstić information content (AvgIpc) is 2.73. The zero-order valence-corrected chi connectivity index (χ0v) is 18.1. The summed E-state index contributed by atoms with van der Waals surface area (Å²) in [6.45, 7) is 5.78. The summed E-state index contributed by atoms with van der Waals surface area (Å²) in [5, 5.41) is 6.72. The summed E-state index contributed by atoms with van der Waals surface area (Å²) in [5.74, 6) is 1.03. The molecule has 2 saturated heterocycles. The predicted octanol–water partition coefficient (Wildman–Crippen LogP) is 2.36. The molecule has 2 aliphatic heterocycles. The number of amides is 1. The molecule has 1 aliphatic carbocycles. The van der Waals surface area contributed by atoms with E-state index in [9.17, 15) is 9.59 Å². The van der Waals surface area contributed by atoms with Crippen molar-refractivity contribution < 1.29 is 14.3 Å². The molecule has 3 rings (SSSR count). The molecule has 0 aromatic rings. The molecule has 0 aromatic carbocycles. The topological polar surface area (TPSA) is 70.7 Å². The maximum absolute atomic E-state index is 12.6. The van der Waals surface area contributed by atoms with Gasteiger partial charge in [0.1, 0.15) is 0 Å². The van der Waals surface area contributed by atoms with Gasteiger partial charge in [-0.1, -0.05) is 0 Å². The lowest BCUT2D eigenvalue weighted by Gasteiger charge is -2.35. The van der Waals surface area contributed by atoms with Crippen molar-refractivity contribution in [1.29, 1.82) is 0 Å². The number of carbonyl (C=O) groups is 2. The van der Waals surface area contributed by atoms with Crippen LogP contribution in [0.5, 0.6) is 0 Å². The molecule has 3 fully saturated rings. The van der Waals surface area contributed by atoms with Crippen LogP contribution in [0.1, 0.15) is 57.8 Å². The van der Waals surface area contributed by atoms with Crippen LogP contribution in [-0.2, 0) is 14.3 Å². The van der Waals surface area contributed by atoms with Crippen molar-refractivity contribution in [1.82, 2.24) is 15.5 Å². The van der Waals surface area contributed by atoms with E-state index in [1.54, 1.807) is 0 Å². The number of halogens is 1. The number of carbonyl (C=O) groups excluding carboxylic acids is 2. The Morgan fingerprint density at radius 2 is 1.57 bits per heavy atom. The molecule has 0 atom stereocenters. The van der Waals surface area contributed by atoms with E-state index in [0.717, 1.165) is 57.5 Å². The summed E-state index contributed by atoms with van der Waals surface area (Å²) in [5.41, 5.74) is 0. The fourth-order valence-corrected chi connectivity index (χ4v) is 4.91. The van der Waals surface area contributed by atoms with E-state index in [1.807, 2.05) is 0 Å². The zero-order chi connectivity index (χ0) is 19.1. The second kappa shape index (κ2) is 12.0. The van der Waals surface area contributed by atoms with E-state index in [-0.39, 0.29) is 36.1 Å². The van der Waals surface area contributed by atoms with E-state index < -0.39 is 0 Å². The van der Waals surface area contributed by atoms with Gasteiger partial charge in [-0.3, -0.25) is 9.59 Å². The third kappa shape index (κ3) is 6.89. The van der Waals surface area contributed by atoms with Gasteiger partial charge in [0.15, 0.2) is 0 Å². The molecule has 2 N–H and O–H groups in total. The Morgan fingerprint density at radius 3 is 2.18 bits per heavy atom. The quantitative estimate of drug-likeness (QED) is 0.651. The van der Waals surface area contributed by atoms with E-state index >= 15 is 0 Å². The van der Waals surface area contributed by atoms with Crippen molar-refractivity contribution in [3.8, 4) is 0 Å². The number of hydrogen-bond acceptors (Lipinski definition) is 5. The van der Waals surface area contributed by atoms with Crippen LogP contribution in [0.3, 0.4) is 0 Å². The third-order valence-corrected chi connectivity index (χ3v) is 6.88. The van der Waals surface area contributed by atoms with Gasteiger partial charge in [0.05, 0.1) is 13.0 Å². The second-order valence-corrected chi connectivity index (χ2v) is 8.68. The first-order valence-electron chi connectivity index (χ1n) is 11.0. The molecule has 1 amide bonds. The van der Waals surface area contributed by atoms with Gasteiger partial charge in [-0.2, -0.15) is 0 Å². The number of likely N-dealkylation sites (tertiary alicyclic amines) is 1. The van der Waals surface area contributed by atoms with Crippen molar-refractivity contribution >= 4 is 24.3 Å². The SMILES string of the molecule is COC(=O)C1CCC(C(=O)NC2CCN(CCC3CCNCC3)CC2)CC1.Cl. The number of hydrogen-bond donors (Lipinski definition) is 2. The molecule has 6 nitrogen and oxygen atoms in total. The van der Waals surface area contributed by atoms with Gasteiger partial charge in [0.2, 0.25) is 5.91 Å². The molecule has 0 unspecified atom stereocenters. The van der Waals surface area contributed by atoms with Gasteiger partial charge in [0.25, 0.3) is 0 Å². The number of nitrogens with one attached hydrogen (secondary N) is 2. The highest BCUT2D eigenvalue weighted by atomic mass is 35.5. The lowest BCUT2D eigenvalue weighted by atomic mass is 9.81. The highest BCUT2D eigenvalue weighted by Crippen LogP contribution is 2.30. The summed E-state index contributed by atoms with van der Waals surface area (Å²) in [7, 11) is 1.44. The fraction of sp³-hybridized carbons (Fsp3) is 0.905. The lowest BCUT2D eigenvalue weighted by molar-refractivity contribution is -0.147. The third-order valence-electron chi connectivity index (χ3n) is 6.88. The Morgan fingerprint density at radius 1 is 0.964 bits per heavy atom. The van der Waals surface area contributed by atoms with Gasteiger partial charge in [-0.05, 0) is 83.3 Å². The Hall–Kier alpha value is -0.850. The first-order chi connectivity index (χ1) is 13.2. The van der Waals surface area contributed by atoms with Crippen LogP contribution >= 0.6 is 12.4 Å². The van der Waals surface area contributed by atoms with Gasteiger partial charge in [0, 0.05) is 25.0 Å². The van der Waals surface area contributed by atoms with Crippen LogP contribution in [0.4, 0.5) is 0 Å². The molecule has 1 saturated carbocycles. The molecule has 2 heterocycles. The normalized spacial score (nSPS) is 27.6. The monoisotopic (exact) mass is 415 g/mol. The van der Waals surface area contributed by atoms with Gasteiger partial charge >= 0.3 is 5.97 Å². The van der Waals surface area contributed by atoms with Crippen molar-refractivity contribution in [3.63, 3.8) is 0 Å². The Bertz CT molecular complexity index is 483. The smallest absolute Gasteiger partial charge is 0.308 e. The average molecular weight is 416 g/mol. The number of methoxy groups -OCH3 is 1. The van der Waals surface area contributed by atoms with Crippen molar-refractivity contribution in [2.75, 3.05) is 39.8 Å². The van der Waals surface area contributed by atoms with Gasteiger partial charge < -0.3 is 20.3 Å². The van der Waals surface area contributed by atoms with Crippen LogP contribution in [0.15, 0.2) is 0 Å². The molecular formula is C21H38ClN3O3. The van der Waals surface area contributed by atoms with Crippen LogP contribution < -0.4 is 10.6 Å². The molecule has 0 bridgehead atoms. The number of piperidine rings is 2. The molecule has 0 radical (unpaired) electrons.